The van der Waals surface area contributed by atoms with Gasteiger partial charge >= 0.3 is 0 Å². The van der Waals surface area contributed by atoms with Gasteiger partial charge in [-0.1, -0.05) is 0 Å². The monoisotopic (exact) mass is 284 g/mol. The molecule has 0 spiro atoms. The van der Waals surface area contributed by atoms with Crippen LogP contribution in [-0.4, -0.2) is 4.98 Å². The smallest absolute Gasteiger partial charge is 0.146 e. The van der Waals surface area contributed by atoms with Crippen LogP contribution in [0, 0.1) is 11.6 Å². The molecule has 5 heteroatoms. The lowest BCUT2D eigenvalue weighted by Gasteiger charge is -2.07. The van der Waals surface area contributed by atoms with Crippen molar-refractivity contribution in [2.24, 2.45) is 0 Å². The molecule has 0 amide bonds. The first-order valence-electron chi connectivity index (χ1n) is 4.48. The minimum atomic E-state index is -0.513. The van der Waals surface area contributed by atoms with Crippen LogP contribution in [0.2, 0.25) is 0 Å². The first-order chi connectivity index (χ1) is 7.65. The maximum Gasteiger partial charge on any atom is 0.146 e. The van der Waals surface area contributed by atoms with Crippen molar-refractivity contribution in [2.75, 3.05) is 5.32 Å². The van der Waals surface area contributed by atoms with Crippen molar-refractivity contribution in [1.82, 2.24) is 4.98 Å². The molecule has 2 aromatic rings. The van der Waals surface area contributed by atoms with Crippen LogP contribution in [0.15, 0.2) is 41.1 Å². The van der Waals surface area contributed by atoms with Crippen LogP contribution in [0.25, 0.3) is 0 Å². The zero-order valence-corrected chi connectivity index (χ0v) is 9.63. The van der Waals surface area contributed by atoms with E-state index in [2.05, 4.69) is 26.2 Å². The molecule has 0 aliphatic rings. The van der Waals surface area contributed by atoms with Gasteiger partial charge in [0.2, 0.25) is 0 Å². The molecule has 82 valence electrons. The van der Waals surface area contributed by atoms with Crippen LogP contribution in [0.3, 0.4) is 0 Å². The molecule has 0 atom stereocenters. The molecule has 0 saturated heterocycles. The highest BCUT2D eigenvalue weighted by molar-refractivity contribution is 9.10. The van der Waals surface area contributed by atoms with Crippen molar-refractivity contribution >= 4 is 27.3 Å². The fraction of sp³-hybridized carbons (Fsp3) is 0. The SMILES string of the molecule is Fc1ccc(F)c(Nc2cncc(Br)c2)c1. The van der Waals surface area contributed by atoms with E-state index < -0.39 is 11.6 Å². The van der Waals surface area contributed by atoms with E-state index in [1.165, 1.54) is 6.20 Å². The zero-order chi connectivity index (χ0) is 11.5. The summed E-state index contributed by atoms with van der Waals surface area (Å²) in [6.07, 6.45) is 3.13. The van der Waals surface area contributed by atoms with Crippen molar-refractivity contribution in [1.29, 1.82) is 0 Å². The van der Waals surface area contributed by atoms with Crippen LogP contribution in [0.4, 0.5) is 20.2 Å². The Hall–Kier alpha value is -1.49. The molecule has 16 heavy (non-hydrogen) atoms. The lowest BCUT2D eigenvalue weighted by molar-refractivity contribution is 0.603. The normalized spacial score (nSPS) is 10.2. The van der Waals surface area contributed by atoms with Gasteiger partial charge in [-0.05, 0) is 34.1 Å². The van der Waals surface area contributed by atoms with E-state index >= 15 is 0 Å². The van der Waals surface area contributed by atoms with E-state index in [9.17, 15) is 8.78 Å². The van der Waals surface area contributed by atoms with Gasteiger partial charge in [0.05, 0.1) is 17.6 Å². The fourth-order valence-electron chi connectivity index (χ4n) is 1.23. The fourth-order valence-corrected chi connectivity index (χ4v) is 1.59. The van der Waals surface area contributed by atoms with Gasteiger partial charge in [-0.15, -0.1) is 0 Å². The summed E-state index contributed by atoms with van der Waals surface area (Å²) in [7, 11) is 0. The molecule has 0 fully saturated rings. The van der Waals surface area contributed by atoms with E-state index in [1.54, 1.807) is 12.3 Å². The van der Waals surface area contributed by atoms with E-state index in [0.717, 1.165) is 22.7 Å². The molecule has 1 aromatic heterocycles. The van der Waals surface area contributed by atoms with Gasteiger partial charge in [0.1, 0.15) is 11.6 Å². The second-order valence-corrected chi connectivity index (χ2v) is 4.06. The van der Waals surface area contributed by atoms with Crippen molar-refractivity contribution in [3.05, 3.63) is 52.8 Å². The molecule has 0 unspecified atom stereocenters. The van der Waals surface area contributed by atoms with Crippen molar-refractivity contribution in [3.63, 3.8) is 0 Å². The minimum absolute atomic E-state index is 0.0832. The zero-order valence-electron chi connectivity index (χ0n) is 8.05. The number of nitrogens with zero attached hydrogens (tertiary/aromatic N) is 1. The summed E-state index contributed by atoms with van der Waals surface area (Å²) in [4.78, 5) is 3.91. The molecule has 1 heterocycles. The number of halogens is 3. The average Bonchev–Trinajstić information content (AvgIpc) is 2.24. The van der Waals surface area contributed by atoms with E-state index in [1.807, 2.05) is 0 Å². The Bertz CT molecular complexity index is 517. The molecule has 2 rings (SSSR count). The highest BCUT2D eigenvalue weighted by Crippen LogP contribution is 2.22. The Morgan fingerprint density at radius 3 is 2.69 bits per heavy atom. The summed E-state index contributed by atoms with van der Waals surface area (Å²) in [5, 5.41) is 2.75. The molecule has 0 radical (unpaired) electrons. The summed E-state index contributed by atoms with van der Waals surface area (Å²) in [5.74, 6) is -1.01. The van der Waals surface area contributed by atoms with Crippen molar-refractivity contribution < 1.29 is 8.78 Å². The Labute approximate surface area is 99.5 Å². The second kappa shape index (κ2) is 4.57. The molecule has 0 aliphatic heterocycles. The maximum absolute atomic E-state index is 13.3. The van der Waals surface area contributed by atoms with Gasteiger partial charge in [0, 0.05) is 16.7 Å². The van der Waals surface area contributed by atoms with Crippen molar-refractivity contribution in [2.45, 2.75) is 0 Å². The van der Waals surface area contributed by atoms with Crippen molar-refractivity contribution in [3.8, 4) is 0 Å². The molecule has 0 bridgehead atoms. The van der Waals surface area contributed by atoms with E-state index in [0.29, 0.717) is 5.69 Å². The Morgan fingerprint density at radius 1 is 1.12 bits per heavy atom. The third kappa shape index (κ3) is 2.55. The number of anilines is 2. The van der Waals surface area contributed by atoms with Gasteiger partial charge in [0.25, 0.3) is 0 Å². The summed E-state index contributed by atoms with van der Waals surface area (Å²) in [6.45, 7) is 0. The van der Waals surface area contributed by atoms with Gasteiger partial charge in [0.15, 0.2) is 0 Å². The summed E-state index contributed by atoms with van der Waals surface area (Å²) in [5.41, 5.74) is 0.666. The standard InChI is InChI=1S/C11H7BrF2N2/c12-7-3-9(6-15-5-7)16-11-4-8(13)1-2-10(11)14/h1-6,16H. The number of pyridine rings is 1. The van der Waals surface area contributed by atoms with Gasteiger partial charge in [-0.2, -0.15) is 0 Å². The largest absolute Gasteiger partial charge is 0.352 e. The first-order valence-corrected chi connectivity index (χ1v) is 5.27. The number of hydrogen-bond donors (Lipinski definition) is 1. The van der Waals surface area contributed by atoms with Crippen LogP contribution in [0.1, 0.15) is 0 Å². The quantitative estimate of drug-likeness (QED) is 0.906. The Kier molecular flexibility index (Phi) is 3.14. The Balaban J connectivity index is 2.30. The summed E-state index contributed by atoms with van der Waals surface area (Å²) >= 11 is 3.24. The third-order valence-corrected chi connectivity index (χ3v) is 2.35. The maximum atomic E-state index is 13.3. The molecule has 1 N–H and O–H groups in total. The summed E-state index contributed by atoms with van der Waals surface area (Å²) in [6, 6.07) is 4.95. The predicted octanol–water partition coefficient (Wildman–Crippen LogP) is 3.87. The summed E-state index contributed by atoms with van der Waals surface area (Å²) < 4.78 is 27.0. The van der Waals surface area contributed by atoms with Gasteiger partial charge < -0.3 is 5.32 Å². The molecule has 0 saturated carbocycles. The minimum Gasteiger partial charge on any atom is -0.352 e. The number of nitrogens with one attached hydrogen (secondary N) is 1. The molecule has 1 aromatic carbocycles. The number of aromatic nitrogens is 1. The van der Waals surface area contributed by atoms with Crippen LogP contribution >= 0.6 is 15.9 Å². The predicted molar refractivity (Wildman–Crippen MR) is 61.6 cm³/mol. The van der Waals surface area contributed by atoms with Crippen LogP contribution in [-0.2, 0) is 0 Å². The molecular weight excluding hydrogens is 278 g/mol. The number of hydrogen-bond acceptors (Lipinski definition) is 2. The average molecular weight is 285 g/mol. The topological polar surface area (TPSA) is 24.9 Å². The van der Waals surface area contributed by atoms with Gasteiger partial charge in [-0.3, -0.25) is 4.98 Å². The highest BCUT2D eigenvalue weighted by atomic mass is 79.9. The van der Waals surface area contributed by atoms with Gasteiger partial charge in [-0.25, -0.2) is 8.78 Å². The third-order valence-electron chi connectivity index (χ3n) is 1.91. The lowest BCUT2D eigenvalue weighted by Crippen LogP contribution is -1.95. The number of rotatable bonds is 2. The lowest BCUT2D eigenvalue weighted by atomic mass is 10.3. The van der Waals surface area contributed by atoms with Crippen LogP contribution in [0.5, 0.6) is 0 Å². The molecule has 0 aliphatic carbocycles. The van der Waals surface area contributed by atoms with E-state index in [-0.39, 0.29) is 5.69 Å². The Morgan fingerprint density at radius 2 is 1.94 bits per heavy atom. The second-order valence-electron chi connectivity index (χ2n) is 3.14. The number of benzene rings is 1. The molecule has 2 nitrogen and oxygen atoms in total. The van der Waals surface area contributed by atoms with E-state index in [4.69, 9.17) is 0 Å². The highest BCUT2D eigenvalue weighted by Gasteiger charge is 2.04. The van der Waals surface area contributed by atoms with Crippen LogP contribution < -0.4 is 5.32 Å². The first kappa shape index (κ1) is 11.0. The molecular formula is C11H7BrF2N2.